The Morgan fingerprint density at radius 1 is 1.00 bits per heavy atom. The van der Waals surface area contributed by atoms with Crippen LogP contribution in [0.3, 0.4) is 0 Å². The molecule has 0 saturated heterocycles. The molecule has 0 atom stereocenters. The molecule has 0 saturated carbocycles. The number of thiophene rings is 1. The zero-order valence-corrected chi connectivity index (χ0v) is 22.1. The van der Waals surface area contributed by atoms with Crippen molar-refractivity contribution in [3.8, 4) is 22.1 Å². The highest BCUT2D eigenvalue weighted by Gasteiger charge is 2.23. The average Bonchev–Trinajstić information content (AvgIpc) is 3.55. The Balaban J connectivity index is 1.41. The quantitative estimate of drug-likeness (QED) is 0.238. The van der Waals surface area contributed by atoms with Crippen LogP contribution < -0.4 is 14.8 Å². The highest BCUT2D eigenvalue weighted by Crippen LogP contribution is 2.45. The summed E-state index contributed by atoms with van der Waals surface area (Å²) in [5.41, 5.74) is 4.43. The number of rotatable bonds is 5. The molecule has 0 spiro atoms. The van der Waals surface area contributed by atoms with Gasteiger partial charge in [-0.3, -0.25) is 4.79 Å². The third kappa shape index (κ3) is 4.44. The molecule has 2 aromatic heterocycles. The fourth-order valence-corrected chi connectivity index (χ4v) is 7.05. The lowest BCUT2D eigenvalue weighted by atomic mass is 10.1. The first-order valence-electron chi connectivity index (χ1n) is 11.1. The summed E-state index contributed by atoms with van der Waals surface area (Å²) in [5.74, 6) is 1.22. The zero-order chi connectivity index (χ0) is 24.8. The topological polar surface area (TPSA) is 60.5 Å². The number of nitrogens with one attached hydrogen (secondary N) is 1. The molecule has 5 aromatic rings. The number of hydrogen-bond acceptors (Lipinski definition) is 6. The van der Waals surface area contributed by atoms with E-state index in [1.807, 2.05) is 36.4 Å². The number of ether oxygens (including phenoxy) is 2. The predicted molar refractivity (Wildman–Crippen MR) is 147 cm³/mol. The van der Waals surface area contributed by atoms with Gasteiger partial charge in [-0.15, -0.1) is 22.7 Å². The minimum atomic E-state index is -0.280. The summed E-state index contributed by atoms with van der Waals surface area (Å²) in [4.78, 5) is 19.2. The standard InChI is InChI=1S/C27H18Cl2N2O3S2/c1-14-23(9-15-6-7-20-21(8-15)34-13-33-20)36-27(31-25(32)16-10-17(28)12-18(29)11-16)24(14)26-30-19-4-2-3-5-22(19)35-26/h2-8,10-12H,9,13H2,1H3,(H,31,32). The number of halogens is 2. The summed E-state index contributed by atoms with van der Waals surface area (Å²) in [7, 11) is 0. The fourth-order valence-electron chi connectivity index (χ4n) is 4.15. The molecule has 0 unspecified atom stereocenters. The number of carbonyl (C=O) groups excluding carboxylic acids is 1. The molecule has 6 rings (SSSR count). The van der Waals surface area contributed by atoms with Gasteiger partial charge in [-0.25, -0.2) is 4.98 Å². The maximum atomic E-state index is 13.2. The maximum Gasteiger partial charge on any atom is 0.256 e. The van der Waals surface area contributed by atoms with E-state index in [9.17, 15) is 4.79 Å². The number of nitrogens with zero attached hydrogens (tertiary/aromatic N) is 1. The van der Waals surface area contributed by atoms with Gasteiger partial charge in [0.1, 0.15) is 10.0 Å². The third-order valence-corrected chi connectivity index (χ3v) is 8.60. The van der Waals surface area contributed by atoms with Crippen LogP contribution in [0.4, 0.5) is 5.00 Å². The van der Waals surface area contributed by atoms with Crippen molar-refractivity contribution in [1.82, 2.24) is 4.98 Å². The lowest BCUT2D eigenvalue weighted by Gasteiger charge is -2.07. The number of hydrogen-bond donors (Lipinski definition) is 1. The highest BCUT2D eigenvalue weighted by molar-refractivity contribution is 7.23. The monoisotopic (exact) mass is 552 g/mol. The van der Waals surface area contributed by atoms with Crippen molar-refractivity contribution in [3.63, 3.8) is 0 Å². The van der Waals surface area contributed by atoms with E-state index in [-0.39, 0.29) is 12.7 Å². The number of thiazole rings is 1. The first kappa shape index (κ1) is 23.3. The molecule has 0 aliphatic carbocycles. The Morgan fingerprint density at radius 2 is 1.78 bits per heavy atom. The van der Waals surface area contributed by atoms with Crippen molar-refractivity contribution in [1.29, 1.82) is 0 Å². The fraction of sp³-hybridized carbons (Fsp3) is 0.111. The van der Waals surface area contributed by atoms with Crippen LogP contribution in [0.2, 0.25) is 10.0 Å². The summed E-state index contributed by atoms with van der Waals surface area (Å²) < 4.78 is 12.1. The van der Waals surface area contributed by atoms with Crippen LogP contribution in [0.25, 0.3) is 20.8 Å². The van der Waals surface area contributed by atoms with Crippen LogP contribution in [0.1, 0.15) is 26.4 Å². The minimum absolute atomic E-state index is 0.238. The molecule has 1 amide bonds. The zero-order valence-electron chi connectivity index (χ0n) is 18.9. The van der Waals surface area contributed by atoms with E-state index in [0.29, 0.717) is 22.0 Å². The molecule has 5 nitrogen and oxygen atoms in total. The lowest BCUT2D eigenvalue weighted by Crippen LogP contribution is -2.11. The van der Waals surface area contributed by atoms with Gasteiger partial charge < -0.3 is 14.8 Å². The normalized spacial score (nSPS) is 12.3. The van der Waals surface area contributed by atoms with Crippen molar-refractivity contribution in [3.05, 3.63) is 92.3 Å². The Labute approximate surface area is 225 Å². The molecule has 1 aliphatic rings. The van der Waals surface area contributed by atoms with Gasteiger partial charge in [0.25, 0.3) is 5.91 Å². The van der Waals surface area contributed by atoms with Gasteiger partial charge in [-0.1, -0.05) is 41.4 Å². The smallest absolute Gasteiger partial charge is 0.256 e. The second-order valence-corrected chi connectivity index (χ2v) is 11.3. The predicted octanol–water partition coefficient (Wildman–Crippen LogP) is 8.21. The van der Waals surface area contributed by atoms with E-state index >= 15 is 0 Å². The van der Waals surface area contributed by atoms with Gasteiger partial charge in [-0.05, 0) is 60.5 Å². The molecule has 3 aromatic carbocycles. The largest absolute Gasteiger partial charge is 0.454 e. The van der Waals surface area contributed by atoms with E-state index in [2.05, 4.69) is 18.3 Å². The molecular formula is C27H18Cl2N2O3S2. The Hall–Kier alpha value is -3.10. The molecular weight excluding hydrogens is 535 g/mol. The van der Waals surface area contributed by atoms with Crippen LogP contribution >= 0.6 is 45.9 Å². The lowest BCUT2D eigenvalue weighted by molar-refractivity contribution is 0.102. The molecule has 1 N–H and O–H groups in total. The number of carbonyl (C=O) groups is 1. The van der Waals surface area contributed by atoms with E-state index in [4.69, 9.17) is 37.7 Å². The summed E-state index contributed by atoms with van der Waals surface area (Å²) >= 11 is 15.4. The van der Waals surface area contributed by atoms with Crippen molar-refractivity contribution in [2.24, 2.45) is 0 Å². The van der Waals surface area contributed by atoms with Gasteiger partial charge in [0.15, 0.2) is 11.5 Å². The number of fused-ring (bicyclic) bond motifs is 2. The van der Waals surface area contributed by atoms with Gasteiger partial charge in [0, 0.05) is 32.5 Å². The Bertz CT molecular complexity index is 1590. The number of anilines is 1. The summed E-state index contributed by atoms with van der Waals surface area (Å²) in [6.07, 6.45) is 0.684. The SMILES string of the molecule is Cc1c(Cc2ccc3c(c2)OCO3)sc(NC(=O)c2cc(Cl)cc(Cl)c2)c1-c1nc2ccccc2s1. The van der Waals surface area contributed by atoms with Crippen LogP contribution in [0.5, 0.6) is 11.5 Å². The number of aromatic nitrogens is 1. The average molecular weight is 553 g/mol. The minimum Gasteiger partial charge on any atom is -0.454 e. The van der Waals surface area contributed by atoms with Crippen LogP contribution in [-0.4, -0.2) is 17.7 Å². The van der Waals surface area contributed by atoms with Gasteiger partial charge in [0.2, 0.25) is 6.79 Å². The van der Waals surface area contributed by atoms with E-state index in [0.717, 1.165) is 53.3 Å². The van der Waals surface area contributed by atoms with Crippen molar-refractivity contribution >= 4 is 67.0 Å². The highest BCUT2D eigenvalue weighted by atomic mass is 35.5. The summed E-state index contributed by atoms with van der Waals surface area (Å²) in [6.45, 7) is 2.31. The second-order valence-electron chi connectivity index (χ2n) is 8.32. The summed E-state index contributed by atoms with van der Waals surface area (Å²) in [5, 5.41) is 5.51. The molecule has 0 radical (unpaired) electrons. The number of para-hydroxylation sites is 1. The molecule has 9 heteroatoms. The molecule has 0 bridgehead atoms. The molecule has 180 valence electrons. The molecule has 0 fully saturated rings. The Morgan fingerprint density at radius 3 is 2.58 bits per heavy atom. The molecule has 1 aliphatic heterocycles. The number of benzene rings is 3. The second kappa shape index (κ2) is 9.41. The van der Waals surface area contributed by atoms with Crippen LogP contribution in [0.15, 0.2) is 60.7 Å². The van der Waals surface area contributed by atoms with Crippen molar-refractivity contribution < 1.29 is 14.3 Å². The van der Waals surface area contributed by atoms with Gasteiger partial charge >= 0.3 is 0 Å². The van der Waals surface area contributed by atoms with Gasteiger partial charge in [0.05, 0.1) is 10.2 Å². The number of amides is 1. The van der Waals surface area contributed by atoms with Crippen molar-refractivity contribution in [2.45, 2.75) is 13.3 Å². The summed E-state index contributed by atoms with van der Waals surface area (Å²) in [6, 6.07) is 18.8. The van der Waals surface area contributed by atoms with Gasteiger partial charge in [-0.2, -0.15) is 0 Å². The molecule has 3 heterocycles. The molecule has 36 heavy (non-hydrogen) atoms. The van der Waals surface area contributed by atoms with E-state index in [1.54, 1.807) is 40.9 Å². The van der Waals surface area contributed by atoms with Crippen LogP contribution in [0, 0.1) is 6.92 Å². The van der Waals surface area contributed by atoms with E-state index in [1.165, 1.54) is 0 Å². The first-order valence-corrected chi connectivity index (χ1v) is 13.5. The van der Waals surface area contributed by atoms with Crippen LogP contribution in [-0.2, 0) is 6.42 Å². The third-order valence-electron chi connectivity index (χ3n) is 5.91. The Kier molecular flexibility index (Phi) is 6.09. The van der Waals surface area contributed by atoms with E-state index < -0.39 is 0 Å². The van der Waals surface area contributed by atoms with Crippen molar-refractivity contribution in [2.75, 3.05) is 12.1 Å². The maximum absolute atomic E-state index is 13.2. The first-order chi connectivity index (χ1) is 17.4.